The predicted octanol–water partition coefficient (Wildman–Crippen LogP) is 1.94. The van der Waals surface area contributed by atoms with Crippen LogP contribution in [0, 0.1) is 0 Å². The minimum absolute atomic E-state index is 0.0289. The number of carbonyl (C=O) groups is 2. The number of aliphatic carboxylic acids is 1. The van der Waals surface area contributed by atoms with Crippen LogP contribution in [0.2, 0.25) is 0 Å². The maximum Gasteiger partial charge on any atom is 0.303 e. The van der Waals surface area contributed by atoms with E-state index in [2.05, 4.69) is 12.2 Å². The van der Waals surface area contributed by atoms with Gasteiger partial charge in [0, 0.05) is 19.4 Å². The normalized spacial score (nSPS) is 11.9. The third kappa shape index (κ3) is 4.20. The molecule has 0 fully saturated rings. The van der Waals surface area contributed by atoms with Gasteiger partial charge in [0.15, 0.2) is 0 Å². The molecule has 0 spiro atoms. The number of amides is 1. The molecule has 0 aliphatic rings. The van der Waals surface area contributed by atoms with Crippen LogP contribution < -0.4 is 5.32 Å². The molecule has 98 valence electrons. The Hall–Kier alpha value is -1.84. The van der Waals surface area contributed by atoms with E-state index >= 15 is 0 Å². The fourth-order valence-electron chi connectivity index (χ4n) is 1.87. The summed E-state index contributed by atoms with van der Waals surface area (Å²) in [5.41, 5.74) is 2.10. The number of hydrogen-bond donors (Lipinski definition) is 2. The molecular formula is C14H19NO3. The third-order valence-electron chi connectivity index (χ3n) is 2.99. The van der Waals surface area contributed by atoms with Crippen molar-refractivity contribution in [3.05, 3.63) is 35.4 Å². The monoisotopic (exact) mass is 249 g/mol. The van der Waals surface area contributed by atoms with Gasteiger partial charge in [-0.25, -0.2) is 0 Å². The minimum atomic E-state index is -0.886. The first-order chi connectivity index (χ1) is 8.56. The molecule has 1 aromatic carbocycles. The smallest absolute Gasteiger partial charge is 0.303 e. The Bertz CT molecular complexity index is 412. The Morgan fingerprint density at radius 2 is 1.83 bits per heavy atom. The van der Waals surface area contributed by atoms with Gasteiger partial charge >= 0.3 is 5.97 Å². The maximum atomic E-state index is 11.4. The van der Waals surface area contributed by atoms with Gasteiger partial charge in [-0.3, -0.25) is 9.59 Å². The summed E-state index contributed by atoms with van der Waals surface area (Å²) >= 11 is 0. The van der Waals surface area contributed by atoms with Crippen molar-refractivity contribution in [3.8, 4) is 0 Å². The molecule has 1 unspecified atom stereocenters. The minimum Gasteiger partial charge on any atom is -0.481 e. The van der Waals surface area contributed by atoms with Crippen molar-refractivity contribution in [3.63, 3.8) is 0 Å². The number of carboxylic acid groups (broad SMARTS) is 1. The van der Waals surface area contributed by atoms with Gasteiger partial charge in [-0.15, -0.1) is 0 Å². The second-order valence-corrected chi connectivity index (χ2v) is 4.27. The lowest BCUT2D eigenvalue weighted by Crippen LogP contribution is -2.21. The number of hydrogen-bond acceptors (Lipinski definition) is 2. The molecule has 4 heteroatoms. The van der Waals surface area contributed by atoms with E-state index in [1.165, 1.54) is 5.56 Å². The molecule has 0 saturated heterocycles. The zero-order valence-electron chi connectivity index (χ0n) is 10.8. The first-order valence-corrected chi connectivity index (χ1v) is 6.08. The Balaban J connectivity index is 2.86. The van der Waals surface area contributed by atoms with Crippen LogP contribution in [0.4, 0.5) is 0 Å². The van der Waals surface area contributed by atoms with Crippen molar-refractivity contribution in [1.29, 1.82) is 0 Å². The van der Waals surface area contributed by atoms with E-state index in [1.807, 2.05) is 24.3 Å². The Labute approximate surface area is 107 Å². The average molecular weight is 249 g/mol. The molecule has 2 N–H and O–H groups in total. The topological polar surface area (TPSA) is 66.4 Å². The summed E-state index contributed by atoms with van der Waals surface area (Å²) < 4.78 is 0. The summed E-state index contributed by atoms with van der Waals surface area (Å²) in [5.74, 6) is -1.29. The molecule has 0 bridgehead atoms. The summed E-state index contributed by atoms with van der Waals surface area (Å²) in [4.78, 5) is 22.2. The van der Waals surface area contributed by atoms with Crippen LogP contribution in [0.5, 0.6) is 0 Å². The molecule has 0 heterocycles. The van der Waals surface area contributed by atoms with Crippen molar-refractivity contribution in [2.24, 2.45) is 0 Å². The Morgan fingerprint density at radius 1 is 1.22 bits per heavy atom. The van der Waals surface area contributed by atoms with Crippen molar-refractivity contribution >= 4 is 11.9 Å². The Kier molecular flexibility index (Phi) is 5.36. The highest BCUT2D eigenvalue weighted by Crippen LogP contribution is 2.24. The standard InChI is InChI=1S/C14H19NO3/c1-3-10-4-6-11(7-5-10)12(9-14(17)18)8-13(16)15-2/h4-7,12H,3,8-9H2,1-2H3,(H,15,16)(H,17,18). The molecule has 0 aromatic heterocycles. The Morgan fingerprint density at radius 3 is 2.28 bits per heavy atom. The lowest BCUT2D eigenvalue weighted by Gasteiger charge is -2.14. The van der Waals surface area contributed by atoms with Crippen LogP contribution >= 0.6 is 0 Å². The fraction of sp³-hybridized carbons (Fsp3) is 0.429. The van der Waals surface area contributed by atoms with Crippen molar-refractivity contribution in [2.75, 3.05) is 7.05 Å². The zero-order valence-corrected chi connectivity index (χ0v) is 10.8. The van der Waals surface area contributed by atoms with Crippen molar-refractivity contribution in [1.82, 2.24) is 5.32 Å². The first kappa shape index (κ1) is 14.2. The SMILES string of the molecule is CCc1ccc(C(CC(=O)O)CC(=O)NC)cc1. The van der Waals surface area contributed by atoms with Crippen molar-refractivity contribution in [2.45, 2.75) is 32.1 Å². The molecule has 4 nitrogen and oxygen atoms in total. The second-order valence-electron chi connectivity index (χ2n) is 4.27. The van der Waals surface area contributed by atoms with E-state index in [4.69, 9.17) is 5.11 Å². The number of rotatable bonds is 6. The van der Waals surface area contributed by atoms with Crippen LogP contribution in [-0.4, -0.2) is 24.0 Å². The van der Waals surface area contributed by atoms with Gasteiger partial charge in [-0.1, -0.05) is 31.2 Å². The molecule has 1 aromatic rings. The van der Waals surface area contributed by atoms with Gasteiger partial charge in [0.25, 0.3) is 0 Å². The predicted molar refractivity (Wildman–Crippen MR) is 69.5 cm³/mol. The molecule has 1 atom stereocenters. The van der Waals surface area contributed by atoms with Gasteiger partial charge in [-0.2, -0.15) is 0 Å². The zero-order chi connectivity index (χ0) is 13.5. The molecular weight excluding hydrogens is 230 g/mol. The highest BCUT2D eigenvalue weighted by Gasteiger charge is 2.18. The van der Waals surface area contributed by atoms with Crippen LogP contribution in [0.1, 0.15) is 36.8 Å². The van der Waals surface area contributed by atoms with Gasteiger partial charge < -0.3 is 10.4 Å². The summed E-state index contributed by atoms with van der Waals surface area (Å²) in [6.45, 7) is 2.06. The number of aryl methyl sites for hydroxylation is 1. The first-order valence-electron chi connectivity index (χ1n) is 6.08. The maximum absolute atomic E-state index is 11.4. The summed E-state index contributed by atoms with van der Waals surface area (Å²) in [7, 11) is 1.56. The van der Waals surface area contributed by atoms with Crippen LogP contribution in [0.25, 0.3) is 0 Å². The van der Waals surface area contributed by atoms with E-state index in [0.29, 0.717) is 0 Å². The average Bonchev–Trinajstić information content (AvgIpc) is 2.37. The second kappa shape index (κ2) is 6.79. The number of carboxylic acids is 1. The summed E-state index contributed by atoms with van der Waals surface area (Å²) in [6, 6.07) is 7.78. The fourth-order valence-corrected chi connectivity index (χ4v) is 1.87. The van der Waals surface area contributed by atoms with Gasteiger partial charge in [0.2, 0.25) is 5.91 Å². The number of carbonyl (C=O) groups excluding carboxylic acids is 1. The van der Waals surface area contributed by atoms with Crippen LogP contribution in [0.15, 0.2) is 24.3 Å². The molecule has 1 rings (SSSR count). The van der Waals surface area contributed by atoms with E-state index < -0.39 is 5.97 Å². The third-order valence-corrected chi connectivity index (χ3v) is 2.99. The summed E-state index contributed by atoms with van der Waals surface area (Å²) in [6.07, 6.45) is 1.12. The molecule has 1 amide bonds. The molecule has 0 saturated carbocycles. The van der Waals surface area contributed by atoms with E-state index in [9.17, 15) is 9.59 Å². The van der Waals surface area contributed by atoms with Crippen molar-refractivity contribution < 1.29 is 14.7 Å². The molecule has 0 aliphatic heterocycles. The van der Waals surface area contributed by atoms with E-state index in [0.717, 1.165) is 12.0 Å². The van der Waals surface area contributed by atoms with Gasteiger partial charge in [0.1, 0.15) is 0 Å². The lowest BCUT2D eigenvalue weighted by atomic mass is 9.91. The highest BCUT2D eigenvalue weighted by atomic mass is 16.4. The largest absolute Gasteiger partial charge is 0.481 e. The highest BCUT2D eigenvalue weighted by molar-refractivity contribution is 5.78. The summed E-state index contributed by atoms with van der Waals surface area (Å²) in [5, 5.41) is 11.4. The van der Waals surface area contributed by atoms with Crippen LogP contribution in [-0.2, 0) is 16.0 Å². The molecule has 18 heavy (non-hydrogen) atoms. The molecule has 0 radical (unpaired) electrons. The quantitative estimate of drug-likeness (QED) is 0.809. The number of benzene rings is 1. The van der Waals surface area contributed by atoms with E-state index in [-0.39, 0.29) is 24.7 Å². The van der Waals surface area contributed by atoms with Gasteiger partial charge in [-0.05, 0) is 17.5 Å². The van der Waals surface area contributed by atoms with Gasteiger partial charge in [0.05, 0.1) is 6.42 Å². The van der Waals surface area contributed by atoms with Crippen LogP contribution in [0.3, 0.4) is 0 Å². The van der Waals surface area contributed by atoms with E-state index in [1.54, 1.807) is 7.05 Å². The molecule has 0 aliphatic carbocycles. The number of nitrogens with one attached hydrogen (secondary N) is 1. The lowest BCUT2D eigenvalue weighted by molar-refractivity contribution is -0.137.